The normalized spacial score (nSPS) is 13.9. The van der Waals surface area contributed by atoms with E-state index >= 15 is 0 Å². The quantitative estimate of drug-likeness (QED) is 0.166. The summed E-state index contributed by atoms with van der Waals surface area (Å²) in [6, 6.07) is 27.5. The van der Waals surface area contributed by atoms with Gasteiger partial charge in [0.15, 0.2) is 0 Å². The number of carbonyl (C=O) groups excluding carboxylic acids is 2. The Labute approximate surface area is 288 Å². The van der Waals surface area contributed by atoms with Crippen molar-refractivity contribution in [3.05, 3.63) is 124 Å². The molecule has 4 aromatic rings. The fourth-order valence-corrected chi connectivity index (χ4v) is 7.72. The molecule has 0 aliphatic heterocycles. The minimum absolute atomic E-state index is 0.00738. The molecule has 0 aromatic heterocycles. The minimum atomic E-state index is -4.31. The summed E-state index contributed by atoms with van der Waals surface area (Å²) in [6.07, 6.45) is 4.09. The molecule has 0 bridgehead atoms. The SMILES string of the molecule is COc1ccc(Cl)cc1N(CC(=O)N(Cc1cccc(C)c1)[C@H](Cc1ccccc1)C(=O)NC1CCCC1)S(=O)(=O)c1ccc(C)cc1. The van der Waals surface area contributed by atoms with Gasteiger partial charge in [-0.05, 0) is 68.1 Å². The van der Waals surface area contributed by atoms with Gasteiger partial charge in [0, 0.05) is 24.0 Å². The van der Waals surface area contributed by atoms with Crippen molar-refractivity contribution >= 4 is 39.1 Å². The van der Waals surface area contributed by atoms with Crippen LogP contribution in [-0.4, -0.2) is 50.9 Å². The number of hydrogen-bond donors (Lipinski definition) is 1. The highest BCUT2D eigenvalue weighted by Gasteiger charge is 2.36. The first-order valence-corrected chi connectivity index (χ1v) is 18.0. The first-order chi connectivity index (χ1) is 23.0. The van der Waals surface area contributed by atoms with Crippen LogP contribution in [0.15, 0.2) is 102 Å². The minimum Gasteiger partial charge on any atom is -0.495 e. The molecule has 1 fully saturated rings. The van der Waals surface area contributed by atoms with Crippen LogP contribution >= 0.6 is 11.6 Å². The molecule has 10 heteroatoms. The van der Waals surface area contributed by atoms with E-state index in [2.05, 4.69) is 5.32 Å². The van der Waals surface area contributed by atoms with E-state index in [4.69, 9.17) is 16.3 Å². The van der Waals surface area contributed by atoms with Crippen molar-refractivity contribution in [1.29, 1.82) is 0 Å². The van der Waals surface area contributed by atoms with Crippen molar-refractivity contribution in [1.82, 2.24) is 10.2 Å². The standard InChI is InChI=1S/C38H42ClN3O5S/c1-27-16-19-33(20-17-27)48(45,46)42(34-24-31(39)18-21-36(34)47-3)26-37(43)41(25-30-13-9-10-28(2)22-30)35(23-29-11-5-4-6-12-29)38(44)40-32-14-7-8-15-32/h4-6,9-13,16-22,24,32,35H,7-8,14-15,23,25-26H2,1-3H3,(H,40,44)/t35-/m1/s1. The number of rotatable bonds is 13. The maximum atomic E-state index is 14.8. The molecular weight excluding hydrogens is 646 g/mol. The van der Waals surface area contributed by atoms with Crippen molar-refractivity contribution in [2.45, 2.75) is 69.5 Å². The zero-order valence-corrected chi connectivity index (χ0v) is 29.1. The van der Waals surface area contributed by atoms with E-state index in [-0.39, 0.29) is 46.3 Å². The van der Waals surface area contributed by atoms with Crippen LogP contribution in [0.3, 0.4) is 0 Å². The van der Waals surface area contributed by atoms with Gasteiger partial charge in [-0.2, -0.15) is 0 Å². The number of nitrogens with zero attached hydrogens (tertiary/aromatic N) is 2. The van der Waals surface area contributed by atoms with Crippen molar-refractivity contribution in [2.24, 2.45) is 0 Å². The number of nitrogens with one attached hydrogen (secondary N) is 1. The monoisotopic (exact) mass is 687 g/mol. The van der Waals surface area contributed by atoms with Crippen molar-refractivity contribution < 1.29 is 22.7 Å². The van der Waals surface area contributed by atoms with E-state index in [9.17, 15) is 18.0 Å². The number of methoxy groups -OCH3 is 1. The Morgan fingerprint density at radius 2 is 1.56 bits per heavy atom. The summed E-state index contributed by atoms with van der Waals surface area (Å²) >= 11 is 6.39. The third kappa shape index (κ3) is 8.57. The molecule has 0 saturated heterocycles. The van der Waals surface area contributed by atoms with E-state index in [1.165, 1.54) is 30.2 Å². The number of sulfonamides is 1. The zero-order chi connectivity index (χ0) is 34.3. The summed E-state index contributed by atoms with van der Waals surface area (Å²) in [5.74, 6) is -0.579. The van der Waals surface area contributed by atoms with Crippen LogP contribution in [0.2, 0.25) is 5.02 Å². The van der Waals surface area contributed by atoms with E-state index < -0.39 is 28.5 Å². The van der Waals surface area contributed by atoms with Gasteiger partial charge in [0.25, 0.3) is 10.0 Å². The average Bonchev–Trinajstić information content (AvgIpc) is 3.58. The number of carbonyl (C=O) groups is 2. The molecule has 0 radical (unpaired) electrons. The Balaban J connectivity index is 1.60. The van der Waals surface area contributed by atoms with Crippen molar-refractivity contribution in [3.63, 3.8) is 0 Å². The number of aryl methyl sites for hydroxylation is 2. The molecule has 5 rings (SSSR count). The summed E-state index contributed by atoms with van der Waals surface area (Å²) in [4.78, 5) is 30.5. The molecule has 1 aliphatic rings. The molecule has 1 saturated carbocycles. The number of benzene rings is 4. The van der Waals surface area contributed by atoms with E-state index in [1.807, 2.05) is 68.4 Å². The molecule has 0 heterocycles. The zero-order valence-electron chi connectivity index (χ0n) is 27.6. The van der Waals surface area contributed by atoms with Crippen LogP contribution in [0.1, 0.15) is 47.9 Å². The molecule has 8 nitrogen and oxygen atoms in total. The van der Waals surface area contributed by atoms with Gasteiger partial charge < -0.3 is 15.0 Å². The first-order valence-electron chi connectivity index (χ1n) is 16.2. The van der Waals surface area contributed by atoms with Crippen LogP contribution in [0, 0.1) is 13.8 Å². The molecule has 4 aromatic carbocycles. The van der Waals surface area contributed by atoms with Crippen LogP contribution in [-0.2, 0) is 32.6 Å². The van der Waals surface area contributed by atoms with Crippen LogP contribution in [0.5, 0.6) is 5.75 Å². The van der Waals surface area contributed by atoms with Gasteiger partial charge >= 0.3 is 0 Å². The van der Waals surface area contributed by atoms with Gasteiger partial charge in [0.1, 0.15) is 18.3 Å². The summed E-state index contributed by atoms with van der Waals surface area (Å²) in [5, 5.41) is 3.48. The third-order valence-corrected chi connectivity index (χ3v) is 10.7. The molecule has 48 heavy (non-hydrogen) atoms. The van der Waals surface area contributed by atoms with E-state index in [1.54, 1.807) is 24.3 Å². The molecule has 252 valence electrons. The van der Waals surface area contributed by atoms with Crippen molar-refractivity contribution in [2.75, 3.05) is 18.0 Å². The second kappa shape index (κ2) is 15.7. The molecule has 2 amide bonds. The molecule has 1 N–H and O–H groups in total. The Morgan fingerprint density at radius 3 is 2.23 bits per heavy atom. The smallest absolute Gasteiger partial charge is 0.264 e. The second-order valence-corrected chi connectivity index (χ2v) is 14.6. The Kier molecular flexibility index (Phi) is 11.4. The van der Waals surface area contributed by atoms with Gasteiger partial charge in [0.2, 0.25) is 11.8 Å². The predicted octanol–water partition coefficient (Wildman–Crippen LogP) is 6.86. The summed E-state index contributed by atoms with van der Waals surface area (Å²) in [7, 11) is -2.88. The lowest BCUT2D eigenvalue weighted by Crippen LogP contribution is -2.54. The Hall–Kier alpha value is -4.34. The summed E-state index contributed by atoms with van der Waals surface area (Å²) < 4.78 is 35.4. The Morgan fingerprint density at radius 1 is 0.875 bits per heavy atom. The van der Waals surface area contributed by atoms with E-state index in [0.717, 1.165) is 52.2 Å². The number of amides is 2. The maximum absolute atomic E-state index is 14.8. The highest BCUT2D eigenvalue weighted by Crippen LogP contribution is 2.35. The predicted molar refractivity (Wildman–Crippen MR) is 190 cm³/mol. The fourth-order valence-electron chi connectivity index (χ4n) is 6.14. The molecule has 1 atom stereocenters. The van der Waals surface area contributed by atoms with Gasteiger partial charge in [-0.25, -0.2) is 8.42 Å². The molecule has 0 spiro atoms. The highest BCUT2D eigenvalue weighted by atomic mass is 35.5. The second-order valence-electron chi connectivity index (χ2n) is 12.3. The third-order valence-electron chi connectivity index (χ3n) is 8.71. The lowest BCUT2D eigenvalue weighted by molar-refractivity contribution is -0.140. The summed E-state index contributed by atoms with van der Waals surface area (Å²) in [6.45, 7) is 3.33. The van der Waals surface area contributed by atoms with Gasteiger partial charge in [-0.15, -0.1) is 0 Å². The lowest BCUT2D eigenvalue weighted by Gasteiger charge is -2.34. The first kappa shape index (κ1) is 35.0. The number of anilines is 1. The van der Waals surface area contributed by atoms with E-state index in [0.29, 0.717) is 0 Å². The highest BCUT2D eigenvalue weighted by molar-refractivity contribution is 7.92. The van der Waals surface area contributed by atoms with Crippen LogP contribution in [0.25, 0.3) is 0 Å². The lowest BCUT2D eigenvalue weighted by atomic mass is 10.0. The van der Waals surface area contributed by atoms with Gasteiger partial charge in [0.05, 0.1) is 17.7 Å². The maximum Gasteiger partial charge on any atom is 0.264 e. The van der Waals surface area contributed by atoms with Crippen LogP contribution in [0.4, 0.5) is 5.69 Å². The number of ether oxygens (including phenoxy) is 1. The molecule has 0 unspecified atom stereocenters. The average molecular weight is 688 g/mol. The number of hydrogen-bond acceptors (Lipinski definition) is 5. The molecular formula is C38H42ClN3O5S. The van der Waals surface area contributed by atoms with Gasteiger partial charge in [-0.3, -0.25) is 13.9 Å². The van der Waals surface area contributed by atoms with Gasteiger partial charge in [-0.1, -0.05) is 102 Å². The largest absolute Gasteiger partial charge is 0.495 e. The molecule has 1 aliphatic carbocycles. The fraction of sp³-hybridized carbons (Fsp3) is 0.316. The van der Waals surface area contributed by atoms with Crippen molar-refractivity contribution in [3.8, 4) is 5.75 Å². The topological polar surface area (TPSA) is 96.0 Å². The number of halogens is 1. The van der Waals surface area contributed by atoms with Crippen LogP contribution < -0.4 is 14.4 Å². The Bertz CT molecular complexity index is 1830. The summed E-state index contributed by atoms with van der Waals surface area (Å²) in [5.41, 5.74) is 3.71.